The first-order valence-electron chi connectivity index (χ1n) is 10.3. The zero-order chi connectivity index (χ0) is 18.1. The van der Waals surface area contributed by atoms with Gasteiger partial charge < -0.3 is 19.3 Å². The molecule has 2 aliphatic heterocycles. The highest BCUT2D eigenvalue weighted by molar-refractivity contribution is 5.80. The fraction of sp³-hybridized carbons (Fsp3) is 0.950. The van der Waals surface area contributed by atoms with Gasteiger partial charge in [-0.1, -0.05) is 6.92 Å². The number of hydrogen-bond donors (Lipinski definition) is 0. The van der Waals surface area contributed by atoms with Crippen molar-refractivity contribution >= 4 is 5.78 Å². The molecule has 146 valence electrons. The minimum atomic E-state index is 0.285. The Morgan fingerprint density at radius 1 is 1.00 bits per heavy atom. The Morgan fingerprint density at radius 2 is 1.68 bits per heavy atom. The van der Waals surface area contributed by atoms with Crippen LogP contribution in [0.25, 0.3) is 0 Å². The molecule has 0 bridgehead atoms. The second-order valence-electron chi connectivity index (χ2n) is 7.73. The summed E-state index contributed by atoms with van der Waals surface area (Å²) >= 11 is 0. The molecule has 0 saturated carbocycles. The summed E-state index contributed by atoms with van der Waals surface area (Å²) in [6, 6.07) is 0.717. The SMILES string of the molecule is CCC(=O)C1CCN(C2CCN(CCOCCOC(C)C)CC2)CC1. The van der Waals surface area contributed by atoms with E-state index in [2.05, 4.69) is 9.80 Å². The molecule has 0 spiro atoms. The highest BCUT2D eigenvalue weighted by atomic mass is 16.5. The molecule has 5 heteroatoms. The zero-order valence-electron chi connectivity index (χ0n) is 16.5. The maximum absolute atomic E-state index is 11.8. The van der Waals surface area contributed by atoms with Crippen LogP contribution in [0.5, 0.6) is 0 Å². The van der Waals surface area contributed by atoms with Crippen molar-refractivity contribution in [2.24, 2.45) is 5.92 Å². The zero-order valence-corrected chi connectivity index (χ0v) is 16.5. The Hall–Kier alpha value is -0.490. The Balaban J connectivity index is 1.54. The maximum atomic E-state index is 11.8. The highest BCUT2D eigenvalue weighted by Crippen LogP contribution is 2.24. The average molecular weight is 355 g/mol. The third-order valence-electron chi connectivity index (χ3n) is 5.64. The number of carbonyl (C=O) groups is 1. The number of likely N-dealkylation sites (tertiary alicyclic amines) is 2. The van der Waals surface area contributed by atoms with Gasteiger partial charge in [-0.05, 0) is 65.7 Å². The van der Waals surface area contributed by atoms with E-state index in [1.807, 2.05) is 20.8 Å². The molecule has 2 aliphatic rings. The Morgan fingerprint density at radius 3 is 2.28 bits per heavy atom. The molecule has 0 aromatic heterocycles. The van der Waals surface area contributed by atoms with Crippen molar-refractivity contribution in [3.8, 4) is 0 Å². The molecule has 2 rings (SSSR count). The molecular weight excluding hydrogens is 316 g/mol. The number of ether oxygens (including phenoxy) is 2. The van der Waals surface area contributed by atoms with E-state index in [0.29, 0.717) is 37.4 Å². The molecule has 5 nitrogen and oxygen atoms in total. The first kappa shape index (κ1) is 20.8. The van der Waals surface area contributed by atoms with Gasteiger partial charge in [-0.2, -0.15) is 0 Å². The van der Waals surface area contributed by atoms with Crippen molar-refractivity contribution in [2.45, 2.75) is 65.0 Å². The van der Waals surface area contributed by atoms with Crippen LogP contribution in [0.3, 0.4) is 0 Å². The fourth-order valence-corrected chi connectivity index (χ4v) is 4.02. The third-order valence-corrected chi connectivity index (χ3v) is 5.64. The normalized spacial score (nSPS) is 21.9. The van der Waals surface area contributed by atoms with Crippen LogP contribution in [0.1, 0.15) is 52.9 Å². The monoisotopic (exact) mass is 354 g/mol. The highest BCUT2D eigenvalue weighted by Gasteiger charge is 2.29. The molecule has 0 atom stereocenters. The van der Waals surface area contributed by atoms with Crippen LogP contribution in [0.4, 0.5) is 0 Å². The van der Waals surface area contributed by atoms with Crippen molar-refractivity contribution in [1.29, 1.82) is 0 Å². The lowest BCUT2D eigenvalue weighted by atomic mass is 9.89. The molecule has 0 N–H and O–H groups in total. The van der Waals surface area contributed by atoms with E-state index in [-0.39, 0.29) is 6.10 Å². The van der Waals surface area contributed by atoms with Gasteiger partial charge in [-0.15, -0.1) is 0 Å². The third kappa shape index (κ3) is 7.33. The number of ketones is 1. The molecule has 2 fully saturated rings. The van der Waals surface area contributed by atoms with Gasteiger partial charge in [0.15, 0.2) is 0 Å². The number of hydrogen-bond acceptors (Lipinski definition) is 5. The number of Topliss-reactive ketones (excluding diaryl/α,β-unsaturated/α-hetero) is 1. The predicted octanol–water partition coefficient (Wildman–Crippen LogP) is 2.58. The van der Waals surface area contributed by atoms with Crippen LogP contribution in [0, 0.1) is 5.92 Å². The van der Waals surface area contributed by atoms with Gasteiger partial charge in [-0.25, -0.2) is 0 Å². The lowest BCUT2D eigenvalue weighted by molar-refractivity contribution is -0.124. The molecule has 0 unspecified atom stereocenters. The second-order valence-corrected chi connectivity index (χ2v) is 7.73. The lowest BCUT2D eigenvalue weighted by Gasteiger charge is -2.41. The van der Waals surface area contributed by atoms with Crippen molar-refractivity contribution < 1.29 is 14.3 Å². The second kappa shape index (κ2) is 11.3. The minimum absolute atomic E-state index is 0.285. The predicted molar refractivity (Wildman–Crippen MR) is 101 cm³/mol. The van der Waals surface area contributed by atoms with E-state index < -0.39 is 0 Å². The Kier molecular flexibility index (Phi) is 9.39. The number of rotatable bonds is 10. The summed E-state index contributed by atoms with van der Waals surface area (Å²) in [6.45, 7) is 13.9. The maximum Gasteiger partial charge on any atom is 0.135 e. The van der Waals surface area contributed by atoms with Crippen LogP contribution < -0.4 is 0 Å². The van der Waals surface area contributed by atoms with E-state index in [4.69, 9.17) is 9.47 Å². The van der Waals surface area contributed by atoms with Crippen LogP contribution in [0.2, 0.25) is 0 Å². The fourth-order valence-electron chi connectivity index (χ4n) is 4.02. The quantitative estimate of drug-likeness (QED) is 0.564. The summed E-state index contributed by atoms with van der Waals surface area (Å²) in [5, 5.41) is 0. The molecule has 0 aliphatic carbocycles. The summed E-state index contributed by atoms with van der Waals surface area (Å²) in [4.78, 5) is 17.0. The lowest BCUT2D eigenvalue weighted by Crippen LogP contribution is -2.48. The number of carbonyl (C=O) groups excluding carboxylic acids is 1. The molecule has 0 aromatic carbocycles. The van der Waals surface area contributed by atoms with Gasteiger partial charge in [-0.3, -0.25) is 4.79 Å². The smallest absolute Gasteiger partial charge is 0.135 e. The van der Waals surface area contributed by atoms with Gasteiger partial charge in [0.2, 0.25) is 0 Å². The molecule has 2 saturated heterocycles. The van der Waals surface area contributed by atoms with Crippen molar-refractivity contribution in [3.05, 3.63) is 0 Å². The van der Waals surface area contributed by atoms with E-state index >= 15 is 0 Å². The van der Waals surface area contributed by atoms with E-state index in [9.17, 15) is 4.79 Å². The summed E-state index contributed by atoms with van der Waals surface area (Å²) in [5.74, 6) is 0.798. The van der Waals surface area contributed by atoms with Gasteiger partial charge in [0.05, 0.1) is 25.9 Å². The summed E-state index contributed by atoms with van der Waals surface area (Å²) in [5.41, 5.74) is 0. The van der Waals surface area contributed by atoms with Gasteiger partial charge in [0.1, 0.15) is 5.78 Å². The standard InChI is InChI=1S/C20H38N2O3/c1-4-20(23)18-5-11-22(12-6-18)19-7-9-21(10-8-19)13-14-24-15-16-25-17(2)3/h17-19H,4-16H2,1-3H3. The first-order valence-corrected chi connectivity index (χ1v) is 10.3. The summed E-state index contributed by atoms with van der Waals surface area (Å²) < 4.78 is 11.1. The minimum Gasteiger partial charge on any atom is -0.378 e. The number of nitrogens with zero attached hydrogens (tertiary/aromatic N) is 2. The Bertz CT molecular complexity index is 373. The number of piperidine rings is 2. The van der Waals surface area contributed by atoms with Crippen LogP contribution in [0.15, 0.2) is 0 Å². The average Bonchev–Trinajstić information content (AvgIpc) is 2.64. The van der Waals surface area contributed by atoms with Crippen molar-refractivity contribution in [1.82, 2.24) is 9.80 Å². The topological polar surface area (TPSA) is 42.0 Å². The van der Waals surface area contributed by atoms with E-state index in [0.717, 1.165) is 39.1 Å². The summed E-state index contributed by atoms with van der Waals surface area (Å²) in [6.07, 6.45) is 5.63. The first-order chi connectivity index (χ1) is 12.1. The molecular formula is C20H38N2O3. The van der Waals surface area contributed by atoms with E-state index in [1.54, 1.807) is 0 Å². The van der Waals surface area contributed by atoms with Crippen LogP contribution in [-0.2, 0) is 14.3 Å². The van der Waals surface area contributed by atoms with Crippen LogP contribution in [-0.4, -0.2) is 80.3 Å². The largest absolute Gasteiger partial charge is 0.378 e. The molecule has 0 aromatic rings. The van der Waals surface area contributed by atoms with Gasteiger partial charge in [0.25, 0.3) is 0 Å². The van der Waals surface area contributed by atoms with E-state index in [1.165, 1.54) is 25.9 Å². The molecule has 0 amide bonds. The van der Waals surface area contributed by atoms with Crippen molar-refractivity contribution in [2.75, 3.05) is 52.5 Å². The Labute approximate surface area is 154 Å². The van der Waals surface area contributed by atoms with Crippen molar-refractivity contribution in [3.63, 3.8) is 0 Å². The summed E-state index contributed by atoms with van der Waals surface area (Å²) in [7, 11) is 0. The van der Waals surface area contributed by atoms with Gasteiger partial charge >= 0.3 is 0 Å². The molecule has 25 heavy (non-hydrogen) atoms. The molecule has 2 heterocycles. The van der Waals surface area contributed by atoms with Gasteiger partial charge in [0, 0.05) is 24.9 Å². The van der Waals surface area contributed by atoms with Crippen LogP contribution >= 0.6 is 0 Å². The molecule has 0 radical (unpaired) electrons.